The second kappa shape index (κ2) is 7.66. The van der Waals surface area contributed by atoms with E-state index in [9.17, 15) is 5.11 Å². The summed E-state index contributed by atoms with van der Waals surface area (Å²) in [5.41, 5.74) is 1.89. The molecular formula is C22H32N4O. The highest BCUT2D eigenvalue weighted by Crippen LogP contribution is 2.37. The average Bonchev–Trinajstić information content (AvgIpc) is 2.62. The Morgan fingerprint density at radius 2 is 1.78 bits per heavy atom. The highest BCUT2D eigenvalue weighted by Gasteiger charge is 2.45. The summed E-state index contributed by atoms with van der Waals surface area (Å²) in [5, 5.41) is 11.1. The first-order valence-corrected chi connectivity index (χ1v) is 9.68. The largest absolute Gasteiger partial charge is 0.389 e. The van der Waals surface area contributed by atoms with Crippen LogP contribution in [-0.2, 0) is 17.5 Å². The molecule has 0 spiro atoms. The van der Waals surface area contributed by atoms with Crippen molar-refractivity contribution < 1.29 is 5.11 Å². The van der Waals surface area contributed by atoms with Crippen LogP contribution in [0.25, 0.3) is 0 Å². The molecule has 0 aliphatic carbocycles. The molecule has 0 unspecified atom stereocenters. The number of aromatic nitrogens is 2. The van der Waals surface area contributed by atoms with Crippen LogP contribution in [0.2, 0.25) is 0 Å². The first kappa shape index (κ1) is 19.9. The van der Waals surface area contributed by atoms with Gasteiger partial charge in [0.1, 0.15) is 5.82 Å². The summed E-state index contributed by atoms with van der Waals surface area (Å²) in [6, 6.07) is 10.4. The van der Waals surface area contributed by atoms with Crippen LogP contribution in [-0.4, -0.2) is 58.2 Å². The van der Waals surface area contributed by atoms with E-state index in [1.165, 1.54) is 5.56 Å². The molecule has 1 saturated heterocycles. The molecule has 1 aliphatic heterocycles. The number of likely N-dealkylation sites (tertiary alicyclic amines) is 1. The summed E-state index contributed by atoms with van der Waals surface area (Å²) < 4.78 is 0. The molecule has 27 heavy (non-hydrogen) atoms. The van der Waals surface area contributed by atoms with E-state index in [4.69, 9.17) is 0 Å². The Morgan fingerprint density at radius 1 is 1.15 bits per heavy atom. The van der Waals surface area contributed by atoms with Gasteiger partial charge in [0.2, 0.25) is 0 Å². The number of rotatable bonds is 4. The third-order valence-corrected chi connectivity index (χ3v) is 5.65. The summed E-state index contributed by atoms with van der Waals surface area (Å²) in [6.07, 6.45) is 4.26. The van der Waals surface area contributed by atoms with Crippen LogP contribution >= 0.6 is 0 Å². The van der Waals surface area contributed by atoms with Crippen molar-refractivity contribution in [2.24, 2.45) is 0 Å². The molecule has 0 amide bonds. The molecule has 1 aliphatic rings. The Bertz CT molecular complexity index is 739. The highest BCUT2D eigenvalue weighted by atomic mass is 16.3. The van der Waals surface area contributed by atoms with Gasteiger partial charge in [-0.2, -0.15) is 0 Å². The fourth-order valence-corrected chi connectivity index (χ4v) is 4.05. The van der Waals surface area contributed by atoms with Crippen LogP contribution < -0.4 is 0 Å². The van der Waals surface area contributed by atoms with Crippen LogP contribution in [0.15, 0.2) is 42.7 Å². The Balaban J connectivity index is 1.73. The first-order valence-electron chi connectivity index (χ1n) is 9.68. The second-order valence-corrected chi connectivity index (χ2v) is 8.85. The number of aliphatic hydroxyl groups excluding tert-OH is 1. The third-order valence-electron chi connectivity index (χ3n) is 5.65. The van der Waals surface area contributed by atoms with Crippen LogP contribution in [0, 0.1) is 0 Å². The second-order valence-electron chi connectivity index (χ2n) is 8.85. The quantitative estimate of drug-likeness (QED) is 0.899. The first-order chi connectivity index (χ1) is 12.7. The summed E-state index contributed by atoms with van der Waals surface area (Å²) in [7, 11) is 4.12. The molecule has 2 heterocycles. The van der Waals surface area contributed by atoms with Gasteiger partial charge in [-0.05, 0) is 26.1 Å². The molecule has 0 bridgehead atoms. The van der Waals surface area contributed by atoms with Crippen molar-refractivity contribution >= 4 is 0 Å². The van der Waals surface area contributed by atoms with Crippen LogP contribution in [0.5, 0.6) is 0 Å². The van der Waals surface area contributed by atoms with Crippen molar-refractivity contribution in [3.05, 3.63) is 59.7 Å². The molecule has 1 N–H and O–H groups in total. The maximum Gasteiger partial charge on any atom is 0.133 e. The minimum Gasteiger partial charge on any atom is -0.389 e. The summed E-state index contributed by atoms with van der Waals surface area (Å²) in [5.74, 6) is 0.862. The Hall–Kier alpha value is -1.82. The van der Waals surface area contributed by atoms with Gasteiger partial charge in [0, 0.05) is 43.0 Å². The summed E-state index contributed by atoms with van der Waals surface area (Å²) in [4.78, 5) is 13.5. The molecule has 1 aromatic carbocycles. The summed E-state index contributed by atoms with van der Waals surface area (Å²) in [6.45, 7) is 8.67. The molecular weight excluding hydrogens is 336 g/mol. The smallest absolute Gasteiger partial charge is 0.133 e. The predicted octanol–water partition coefficient (Wildman–Crippen LogP) is 2.80. The predicted molar refractivity (Wildman–Crippen MR) is 108 cm³/mol. The van der Waals surface area contributed by atoms with Gasteiger partial charge in [-0.25, -0.2) is 9.97 Å². The van der Waals surface area contributed by atoms with Gasteiger partial charge >= 0.3 is 0 Å². The van der Waals surface area contributed by atoms with Crippen LogP contribution in [0.1, 0.15) is 44.1 Å². The van der Waals surface area contributed by atoms with E-state index in [0.717, 1.165) is 30.9 Å². The van der Waals surface area contributed by atoms with E-state index < -0.39 is 6.10 Å². The molecule has 2 atom stereocenters. The molecule has 146 valence electrons. The zero-order valence-electron chi connectivity index (χ0n) is 17.2. The Morgan fingerprint density at radius 3 is 2.30 bits per heavy atom. The molecule has 1 fully saturated rings. The number of β-amino-alcohol motifs (C(OH)–C–C–N with tert-alkyl or cyclic N) is 1. The number of likely N-dealkylation sites (N-methyl/N-ethyl adjacent to an activating group) is 1. The summed E-state index contributed by atoms with van der Waals surface area (Å²) >= 11 is 0. The van der Waals surface area contributed by atoms with Crippen molar-refractivity contribution in [1.29, 1.82) is 0 Å². The maximum atomic E-state index is 11.1. The van der Waals surface area contributed by atoms with Crippen molar-refractivity contribution in [3.8, 4) is 0 Å². The van der Waals surface area contributed by atoms with Gasteiger partial charge in [-0.3, -0.25) is 9.80 Å². The SMILES string of the molecule is CN(C)[C@]1(c2ccccc2)CCN(Cc2cnc(C(C)(C)C)nc2)C[C@H]1O. The van der Waals surface area contributed by atoms with E-state index in [-0.39, 0.29) is 11.0 Å². The van der Waals surface area contributed by atoms with Gasteiger partial charge in [0.15, 0.2) is 0 Å². The fourth-order valence-electron chi connectivity index (χ4n) is 4.05. The fraction of sp³-hybridized carbons (Fsp3) is 0.545. The number of aliphatic hydroxyl groups is 1. The zero-order chi connectivity index (χ0) is 19.7. The van der Waals surface area contributed by atoms with E-state index in [0.29, 0.717) is 6.54 Å². The van der Waals surface area contributed by atoms with Gasteiger partial charge < -0.3 is 5.11 Å². The molecule has 5 nitrogen and oxygen atoms in total. The molecule has 5 heteroatoms. The number of hydrogen-bond acceptors (Lipinski definition) is 5. The third kappa shape index (κ3) is 4.05. The minimum absolute atomic E-state index is 0.0408. The lowest BCUT2D eigenvalue weighted by Crippen LogP contribution is -2.59. The standard InChI is InChI=1S/C22H32N4O/c1-21(2,3)20-23-13-17(14-24-20)15-26-12-11-22(25(4)5,19(27)16-26)18-9-7-6-8-10-18/h6-10,13-14,19,27H,11-12,15-16H2,1-5H3/t19-,22+/m1/s1. The zero-order valence-corrected chi connectivity index (χ0v) is 17.2. The molecule has 0 radical (unpaired) electrons. The van der Waals surface area contributed by atoms with E-state index in [2.05, 4.69) is 66.8 Å². The van der Waals surface area contributed by atoms with Crippen LogP contribution in [0.3, 0.4) is 0 Å². The minimum atomic E-state index is -0.460. The van der Waals surface area contributed by atoms with Crippen molar-refractivity contribution in [2.75, 3.05) is 27.2 Å². The van der Waals surface area contributed by atoms with Crippen molar-refractivity contribution in [2.45, 2.75) is 50.8 Å². The number of piperidine rings is 1. The lowest BCUT2D eigenvalue weighted by atomic mass is 9.77. The van der Waals surface area contributed by atoms with E-state index in [1.807, 2.05) is 30.6 Å². The molecule has 3 rings (SSSR count). The lowest BCUT2D eigenvalue weighted by molar-refractivity contribution is -0.0703. The van der Waals surface area contributed by atoms with Crippen molar-refractivity contribution in [1.82, 2.24) is 19.8 Å². The van der Waals surface area contributed by atoms with Crippen molar-refractivity contribution in [3.63, 3.8) is 0 Å². The molecule has 2 aromatic rings. The maximum absolute atomic E-state index is 11.1. The molecule has 0 saturated carbocycles. The van der Waals surface area contributed by atoms with Gasteiger partial charge in [-0.1, -0.05) is 51.1 Å². The average molecular weight is 369 g/mol. The highest BCUT2D eigenvalue weighted by molar-refractivity contribution is 5.27. The van der Waals surface area contributed by atoms with Gasteiger partial charge in [-0.15, -0.1) is 0 Å². The molecule has 1 aromatic heterocycles. The Labute approximate surface area is 163 Å². The normalized spacial score (nSPS) is 24.3. The number of nitrogens with zero attached hydrogens (tertiary/aromatic N) is 4. The number of hydrogen-bond donors (Lipinski definition) is 1. The van der Waals surface area contributed by atoms with Crippen LogP contribution in [0.4, 0.5) is 0 Å². The Kier molecular flexibility index (Phi) is 5.65. The van der Waals surface area contributed by atoms with E-state index in [1.54, 1.807) is 0 Å². The van der Waals surface area contributed by atoms with Gasteiger partial charge in [0.25, 0.3) is 0 Å². The number of benzene rings is 1. The van der Waals surface area contributed by atoms with Gasteiger partial charge in [0.05, 0.1) is 11.6 Å². The monoisotopic (exact) mass is 368 g/mol. The lowest BCUT2D eigenvalue weighted by Gasteiger charge is -2.50. The topological polar surface area (TPSA) is 52.5 Å². The van der Waals surface area contributed by atoms with E-state index >= 15 is 0 Å².